The highest BCUT2D eigenvalue weighted by molar-refractivity contribution is 5.31. The van der Waals surface area contributed by atoms with Crippen LogP contribution in [0.1, 0.15) is 32.3 Å². The van der Waals surface area contributed by atoms with Crippen molar-refractivity contribution in [1.29, 1.82) is 0 Å². The third kappa shape index (κ3) is 4.30. The van der Waals surface area contributed by atoms with Gasteiger partial charge in [0.15, 0.2) is 11.6 Å². The average molecular weight is 253 g/mol. The largest absolute Gasteiger partial charge is 0.494 e. The zero-order chi connectivity index (χ0) is 13.5. The Labute approximate surface area is 110 Å². The zero-order valence-electron chi connectivity index (χ0n) is 11.8. The summed E-state index contributed by atoms with van der Waals surface area (Å²) in [5, 5.41) is 3.26. The van der Waals surface area contributed by atoms with Gasteiger partial charge in [0.1, 0.15) is 0 Å². The first kappa shape index (κ1) is 15.0. The van der Waals surface area contributed by atoms with E-state index in [0.29, 0.717) is 24.1 Å². The fraction of sp³-hybridized carbons (Fsp3) is 0.600. The van der Waals surface area contributed by atoms with E-state index in [0.717, 1.165) is 18.4 Å². The smallest absolute Gasteiger partial charge is 0.168 e. The fourth-order valence-corrected chi connectivity index (χ4v) is 2.02. The minimum atomic E-state index is -0.232. The fourth-order valence-electron chi connectivity index (χ4n) is 2.02. The molecule has 2 nitrogen and oxygen atoms in total. The summed E-state index contributed by atoms with van der Waals surface area (Å²) in [5.41, 5.74) is 0.720. The van der Waals surface area contributed by atoms with Crippen molar-refractivity contribution in [2.24, 2.45) is 5.92 Å². The van der Waals surface area contributed by atoms with Crippen LogP contribution in [0.15, 0.2) is 18.2 Å². The molecule has 1 aromatic carbocycles. The summed E-state index contributed by atoms with van der Waals surface area (Å²) in [6.07, 6.45) is 2.91. The molecule has 0 radical (unpaired) electrons. The van der Waals surface area contributed by atoms with Crippen LogP contribution in [-0.2, 0) is 6.42 Å². The number of hydrogen-bond acceptors (Lipinski definition) is 2. The predicted molar refractivity (Wildman–Crippen MR) is 73.6 cm³/mol. The number of likely N-dealkylation sites (N-methyl/N-ethyl adjacent to an activating group) is 1. The summed E-state index contributed by atoms with van der Waals surface area (Å²) >= 11 is 0. The molecule has 1 N–H and O–H groups in total. The van der Waals surface area contributed by atoms with Gasteiger partial charge in [0.05, 0.1) is 7.11 Å². The number of ether oxygens (including phenoxy) is 1. The molecule has 0 aliphatic rings. The van der Waals surface area contributed by atoms with Gasteiger partial charge in [-0.2, -0.15) is 0 Å². The Hall–Kier alpha value is -1.09. The third-order valence-electron chi connectivity index (χ3n) is 3.23. The second-order valence-corrected chi connectivity index (χ2v) is 5.09. The molecule has 1 rings (SSSR count). The van der Waals surface area contributed by atoms with Gasteiger partial charge in [0, 0.05) is 6.04 Å². The minimum absolute atomic E-state index is 0.232. The van der Waals surface area contributed by atoms with E-state index in [-0.39, 0.29) is 5.82 Å². The molecule has 0 aliphatic carbocycles. The first-order valence-electron chi connectivity index (χ1n) is 6.57. The third-order valence-corrected chi connectivity index (χ3v) is 3.23. The molecule has 0 spiro atoms. The van der Waals surface area contributed by atoms with Crippen LogP contribution in [0.25, 0.3) is 0 Å². The summed E-state index contributed by atoms with van der Waals surface area (Å²) < 4.78 is 19.0. The van der Waals surface area contributed by atoms with Crippen LogP contribution in [0, 0.1) is 11.7 Å². The number of nitrogens with one attached hydrogen (secondary N) is 1. The van der Waals surface area contributed by atoms with Crippen molar-refractivity contribution in [3.05, 3.63) is 29.6 Å². The Morgan fingerprint density at radius 1 is 1.28 bits per heavy atom. The first-order chi connectivity index (χ1) is 8.58. The number of rotatable bonds is 7. The second kappa shape index (κ2) is 7.37. The van der Waals surface area contributed by atoms with Gasteiger partial charge in [-0.15, -0.1) is 0 Å². The van der Waals surface area contributed by atoms with Gasteiger partial charge < -0.3 is 10.1 Å². The molecule has 18 heavy (non-hydrogen) atoms. The first-order valence-corrected chi connectivity index (χ1v) is 6.57. The molecule has 1 unspecified atom stereocenters. The van der Waals surface area contributed by atoms with Crippen molar-refractivity contribution in [3.8, 4) is 5.75 Å². The molecular formula is C15H24FNO. The Kier molecular flexibility index (Phi) is 6.13. The van der Waals surface area contributed by atoms with E-state index in [1.54, 1.807) is 6.07 Å². The number of methoxy groups -OCH3 is 1. The van der Waals surface area contributed by atoms with Crippen molar-refractivity contribution < 1.29 is 9.13 Å². The molecule has 0 aliphatic heterocycles. The lowest BCUT2D eigenvalue weighted by Gasteiger charge is -2.18. The highest BCUT2D eigenvalue weighted by Crippen LogP contribution is 2.22. The molecule has 0 saturated carbocycles. The Balaban J connectivity index is 2.69. The minimum Gasteiger partial charge on any atom is -0.494 e. The number of hydrogen-bond donors (Lipinski definition) is 1. The van der Waals surface area contributed by atoms with Crippen molar-refractivity contribution in [2.45, 2.75) is 39.2 Å². The monoisotopic (exact) mass is 253 g/mol. The SMILES string of the molecule is CNC(CCC(C)C)Cc1cccc(OC)c1F. The van der Waals surface area contributed by atoms with Crippen LogP contribution in [0.5, 0.6) is 5.75 Å². The summed E-state index contributed by atoms with van der Waals surface area (Å²) in [5.74, 6) is 0.770. The van der Waals surface area contributed by atoms with Crippen LogP contribution < -0.4 is 10.1 Å². The highest BCUT2D eigenvalue weighted by atomic mass is 19.1. The molecule has 102 valence electrons. The number of halogens is 1. The molecule has 0 amide bonds. The van der Waals surface area contributed by atoms with Crippen LogP contribution in [0.2, 0.25) is 0 Å². The molecular weight excluding hydrogens is 229 g/mol. The molecule has 0 bridgehead atoms. The summed E-state index contributed by atoms with van der Waals surface area (Å²) in [6, 6.07) is 5.64. The van der Waals surface area contributed by atoms with Crippen LogP contribution in [-0.4, -0.2) is 20.2 Å². The van der Waals surface area contributed by atoms with E-state index in [4.69, 9.17) is 4.74 Å². The molecule has 3 heteroatoms. The lowest BCUT2D eigenvalue weighted by Crippen LogP contribution is -2.28. The van der Waals surface area contributed by atoms with Gasteiger partial charge in [-0.25, -0.2) is 4.39 Å². The topological polar surface area (TPSA) is 21.3 Å². The molecule has 0 fully saturated rings. The van der Waals surface area contributed by atoms with Gasteiger partial charge in [-0.3, -0.25) is 0 Å². The van der Waals surface area contributed by atoms with Crippen LogP contribution in [0.4, 0.5) is 4.39 Å². The van der Waals surface area contributed by atoms with E-state index in [2.05, 4.69) is 19.2 Å². The van der Waals surface area contributed by atoms with Crippen molar-refractivity contribution >= 4 is 0 Å². The van der Waals surface area contributed by atoms with Crippen molar-refractivity contribution in [3.63, 3.8) is 0 Å². The Morgan fingerprint density at radius 2 is 2.00 bits per heavy atom. The van der Waals surface area contributed by atoms with Crippen molar-refractivity contribution in [2.75, 3.05) is 14.2 Å². The summed E-state index contributed by atoms with van der Waals surface area (Å²) in [4.78, 5) is 0. The molecule has 0 saturated heterocycles. The van der Waals surface area contributed by atoms with Crippen LogP contribution in [0.3, 0.4) is 0 Å². The maximum atomic E-state index is 14.0. The average Bonchev–Trinajstić information content (AvgIpc) is 2.36. The molecule has 0 aromatic heterocycles. The maximum absolute atomic E-state index is 14.0. The van der Waals surface area contributed by atoms with Gasteiger partial charge in [0.25, 0.3) is 0 Å². The van der Waals surface area contributed by atoms with Crippen LogP contribution >= 0.6 is 0 Å². The molecule has 0 heterocycles. The lowest BCUT2D eigenvalue weighted by molar-refractivity contribution is 0.381. The lowest BCUT2D eigenvalue weighted by atomic mass is 9.97. The van der Waals surface area contributed by atoms with E-state index < -0.39 is 0 Å². The maximum Gasteiger partial charge on any atom is 0.168 e. The standard InChI is InChI=1S/C15H24FNO/c1-11(2)8-9-13(17-3)10-12-6-5-7-14(18-4)15(12)16/h5-7,11,13,17H,8-10H2,1-4H3. The number of benzene rings is 1. The van der Waals surface area contributed by atoms with E-state index >= 15 is 0 Å². The predicted octanol–water partition coefficient (Wildman–Crippen LogP) is 3.40. The van der Waals surface area contributed by atoms with Gasteiger partial charge >= 0.3 is 0 Å². The quantitative estimate of drug-likeness (QED) is 0.804. The Bertz CT molecular complexity index is 366. The van der Waals surface area contributed by atoms with Gasteiger partial charge in [-0.1, -0.05) is 26.0 Å². The summed E-state index contributed by atoms with van der Waals surface area (Å²) in [7, 11) is 3.43. The van der Waals surface area contributed by atoms with Crippen molar-refractivity contribution in [1.82, 2.24) is 5.32 Å². The Morgan fingerprint density at radius 3 is 2.56 bits per heavy atom. The molecule has 1 aromatic rings. The van der Waals surface area contributed by atoms with Gasteiger partial charge in [0.2, 0.25) is 0 Å². The highest BCUT2D eigenvalue weighted by Gasteiger charge is 2.13. The van der Waals surface area contributed by atoms with E-state index in [1.165, 1.54) is 7.11 Å². The van der Waals surface area contributed by atoms with E-state index in [1.807, 2.05) is 19.2 Å². The summed E-state index contributed by atoms with van der Waals surface area (Å²) in [6.45, 7) is 4.41. The van der Waals surface area contributed by atoms with E-state index in [9.17, 15) is 4.39 Å². The molecule has 1 atom stereocenters. The second-order valence-electron chi connectivity index (χ2n) is 5.09. The normalized spacial score (nSPS) is 12.8. The van der Waals surface area contributed by atoms with Gasteiger partial charge in [-0.05, 0) is 43.9 Å². The zero-order valence-corrected chi connectivity index (χ0v) is 11.8.